The summed E-state index contributed by atoms with van der Waals surface area (Å²) in [5.41, 5.74) is 0.635. The van der Waals surface area contributed by atoms with Crippen LogP contribution in [0.15, 0.2) is 53.0 Å². The van der Waals surface area contributed by atoms with Gasteiger partial charge in [-0.25, -0.2) is 4.79 Å². The maximum atomic E-state index is 13.0. The van der Waals surface area contributed by atoms with Crippen molar-refractivity contribution in [2.24, 2.45) is 0 Å². The van der Waals surface area contributed by atoms with E-state index in [0.717, 1.165) is 14.9 Å². The molecule has 0 radical (unpaired) electrons. The average Bonchev–Trinajstić information content (AvgIpc) is 2.93. The van der Waals surface area contributed by atoms with Gasteiger partial charge in [0.2, 0.25) is 5.91 Å². The number of amides is 4. The van der Waals surface area contributed by atoms with Crippen LogP contribution in [0.4, 0.5) is 4.79 Å². The summed E-state index contributed by atoms with van der Waals surface area (Å²) in [5.74, 6) is -0.858. The zero-order chi connectivity index (χ0) is 21.2. The van der Waals surface area contributed by atoms with Gasteiger partial charge in [-0.15, -0.1) is 0 Å². The van der Waals surface area contributed by atoms with E-state index in [9.17, 15) is 14.4 Å². The summed E-state index contributed by atoms with van der Waals surface area (Å²) in [4.78, 5) is 40.4. The highest BCUT2D eigenvalue weighted by Gasteiger charge is 2.49. The molecule has 4 amide bonds. The van der Waals surface area contributed by atoms with Gasteiger partial charge in [0.1, 0.15) is 12.1 Å². The number of likely N-dealkylation sites (N-methyl/N-ethyl adjacent to an activating group) is 1. The summed E-state index contributed by atoms with van der Waals surface area (Å²) in [5, 5.41) is 11.6. The predicted octanol–water partition coefficient (Wildman–Crippen LogP) is 2.75. The molecule has 2 aromatic rings. The first-order valence-corrected chi connectivity index (χ1v) is 9.67. The largest absolute Gasteiger partial charge is 0.340 e. The highest BCUT2D eigenvalue weighted by Crippen LogP contribution is 2.29. The number of nitrogens with one attached hydrogen (secondary N) is 1. The van der Waals surface area contributed by atoms with Crippen LogP contribution in [-0.2, 0) is 21.7 Å². The number of urea groups is 1. The molecule has 1 N–H and O–H groups in total. The number of nitriles is 1. The van der Waals surface area contributed by atoms with Crippen molar-refractivity contribution < 1.29 is 14.4 Å². The third-order valence-electron chi connectivity index (χ3n) is 4.95. The minimum absolute atomic E-state index is 0.344. The lowest BCUT2D eigenvalue weighted by Crippen LogP contribution is -2.43. The fourth-order valence-corrected chi connectivity index (χ4v) is 3.55. The summed E-state index contributed by atoms with van der Waals surface area (Å²) in [6.07, 6.45) is 0. The molecule has 0 spiro atoms. The summed E-state index contributed by atoms with van der Waals surface area (Å²) in [6, 6.07) is 15.3. The van der Waals surface area contributed by atoms with E-state index >= 15 is 0 Å². The van der Waals surface area contributed by atoms with Crippen molar-refractivity contribution in [2.45, 2.75) is 19.0 Å². The number of hydrogen-bond donors (Lipinski definition) is 1. The van der Waals surface area contributed by atoms with Gasteiger partial charge >= 0.3 is 6.03 Å². The van der Waals surface area contributed by atoms with Gasteiger partial charge in [-0.2, -0.15) is 5.26 Å². The van der Waals surface area contributed by atoms with Gasteiger partial charge < -0.3 is 10.2 Å². The van der Waals surface area contributed by atoms with E-state index in [2.05, 4.69) is 21.2 Å². The van der Waals surface area contributed by atoms with Gasteiger partial charge in [-0.1, -0.05) is 46.3 Å². The Hall–Kier alpha value is -3.18. The Morgan fingerprint density at radius 1 is 1.21 bits per heavy atom. The number of benzene rings is 2. The Morgan fingerprint density at radius 3 is 2.48 bits per heavy atom. The molecule has 0 bridgehead atoms. The normalized spacial score (nSPS) is 18.3. The summed E-state index contributed by atoms with van der Waals surface area (Å²) < 4.78 is 0.878. The van der Waals surface area contributed by atoms with Gasteiger partial charge in [-0.05, 0) is 36.2 Å². The highest BCUT2D eigenvalue weighted by atomic mass is 79.9. The second kappa shape index (κ2) is 8.05. The van der Waals surface area contributed by atoms with Crippen LogP contribution in [0.1, 0.15) is 23.6 Å². The second-order valence-corrected chi connectivity index (χ2v) is 7.83. The highest BCUT2D eigenvalue weighted by molar-refractivity contribution is 9.10. The van der Waals surface area contributed by atoms with Crippen LogP contribution >= 0.6 is 15.9 Å². The van der Waals surface area contributed by atoms with Gasteiger partial charge in [0, 0.05) is 18.1 Å². The van der Waals surface area contributed by atoms with Gasteiger partial charge in [0.25, 0.3) is 5.91 Å². The molecule has 1 atom stereocenters. The fourth-order valence-electron chi connectivity index (χ4n) is 3.14. The Bertz CT molecular complexity index is 1020. The number of hydrogen-bond acceptors (Lipinski definition) is 4. The minimum Gasteiger partial charge on any atom is -0.340 e. The van der Waals surface area contributed by atoms with Crippen molar-refractivity contribution >= 4 is 33.8 Å². The lowest BCUT2D eigenvalue weighted by molar-refractivity contribution is -0.138. The first-order chi connectivity index (χ1) is 13.8. The lowest BCUT2D eigenvalue weighted by Gasteiger charge is -2.23. The number of carbonyl (C=O) groups excluding carboxylic acids is 3. The minimum atomic E-state index is -1.29. The van der Waals surface area contributed by atoms with Crippen molar-refractivity contribution in [3.05, 3.63) is 69.7 Å². The quantitative estimate of drug-likeness (QED) is 0.702. The van der Waals surface area contributed by atoms with Crippen LogP contribution < -0.4 is 5.32 Å². The molecule has 1 unspecified atom stereocenters. The smallest absolute Gasteiger partial charge is 0.325 e. The monoisotopic (exact) mass is 454 g/mol. The van der Waals surface area contributed by atoms with E-state index in [-0.39, 0.29) is 12.5 Å². The number of carbonyl (C=O) groups is 3. The van der Waals surface area contributed by atoms with E-state index in [1.807, 2.05) is 30.3 Å². The number of halogens is 1. The SMILES string of the molecule is CN(Cc1ccccc1Br)C(=O)CN1C(=O)NC(C)(c2ccc(C#N)cc2)C1=O. The first kappa shape index (κ1) is 20.6. The molecule has 1 fully saturated rings. The molecule has 0 aliphatic carbocycles. The van der Waals surface area contributed by atoms with E-state index < -0.39 is 17.5 Å². The molecule has 29 heavy (non-hydrogen) atoms. The van der Waals surface area contributed by atoms with Gasteiger partial charge in [0.15, 0.2) is 0 Å². The maximum absolute atomic E-state index is 13.0. The standard InChI is InChI=1S/C21H19BrN4O3/c1-21(16-9-7-14(11-23)8-10-16)19(28)26(20(29)24-21)13-18(27)25(2)12-15-5-3-4-6-17(15)22/h3-10H,12-13H2,1-2H3,(H,24,29). The maximum Gasteiger partial charge on any atom is 0.325 e. The number of rotatable bonds is 5. The second-order valence-electron chi connectivity index (χ2n) is 6.98. The van der Waals surface area contributed by atoms with Gasteiger partial charge in [0.05, 0.1) is 11.6 Å². The molecule has 1 saturated heterocycles. The van der Waals surface area contributed by atoms with Crippen LogP contribution in [-0.4, -0.2) is 41.2 Å². The van der Waals surface area contributed by atoms with E-state index in [4.69, 9.17) is 5.26 Å². The van der Waals surface area contributed by atoms with Crippen molar-refractivity contribution in [1.82, 2.24) is 15.1 Å². The molecule has 1 aliphatic heterocycles. The molecule has 1 aliphatic rings. The van der Waals surface area contributed by atoms with Crippen molar-refractivity contribution in [1.29, 1.82) is 5.26 Å². The Balaban J connectivity index is 1.73. The summed E-state index contributed by atoms with van der Waals surface area (Å²) >= 11 is 3.45. The Labute approximate surface area is 177 Å². The van der Waals surface area contributed by atoms with E-state index in [1.165, 1.54) is 4.90 Å². The third-order valence-corrected chi connectivity index (χ3v) is 5.72. The molecule has 3 rings (SSSR count). The summed E-state index contributed by atoms with van der Waals surface area (Å²) in [6.45, 7) is 1.58. The van der Waals surface area contributed by atoms with Crippen molar-refractivity contribution in [3.8, 4) is 6.07 Å². The predicted molar refractivity (Wildman–Crippen MR) is 109 cm³/mol. The van der Waals surface area contributed by atoms with Crippen LogP contribution in [0.5, 0.6) is 0 Å². The molecule has 8 heteroatoms. The molecule has 2 aromatic carbocycles. The molecular formula is C21H19BrN4O3. The van der Waals surface area contributed by atoms with Crippen LogP contribution in [0, 0.1) is 11.3 Å². The average molecular weight is 455 g/mol. The molecule has 148 valence electrons. The number of nitrogens with zero attached hydrogens (tertiary/aromatic N) is 3. The molecule has 0 aromatic heterocycles. The van der Waals surface area contributed by atoms with Crippen molar-refractivity contribution in [3.63, 3.8) is 0 Å². The molecular weight excluding hydrogens is 436 g/mol. The van der Waals surface area contributed by atoms with E-state index in [0.29, 0.717) is 17.7 Å². The van der Waals surface area contributed by atoms with Crippen LogP contribution in [0.25, 0.3) is 0 Å². The van der Waals surface area contributed by atoms with Gasteiger partial charge in [-0.3, -0.25) is 14.5 Å². The third kappa shape index (κ3) is 4.00. The lowest BCUT2D eigenvalue weighted by atomic mass is 9.91. The van der Waals surface area contributed by atoms with E-state index in [1.54, 1.807) is 38.2 Å². The van der Waals surface area contributed by atoms with Crippen LogP contribution in [0.3, 0.4) is 0 Å². The zero-order valence-corrected chi connectivity index (χ0v) is 17.6. The Kier molecular flexibility index (Phi) is 5.71. The number of imide groups is 1. The topological polar surface area (TPSA) is 93.5 Å². The molecule has 7 nitrogen and oxygen atoms in total. The van der Waals surface area contributed by atoms with Crippen molar-refractivity contribution in [2.75, 3.05) is 13.6 Å². The van der Waals surface area contributed by atoms with Crippen LogP contribution in [0.2, 0.25) is 0 Å². The summed E-state index contributed by atoms with van der Waals surface area (Å²) in [7, 11) is 1.63. The molecule has 0 saturated carbocycles. The first-order valence-electron chi connectivity index (χ1n) is 8.88. The zero-order valence-electron chi connectivity index (χ0n) is 16.0. The fraction of sp³-hybridized carbons (Fsp3) is 0.238. The molecule has 1 heterocycles. The Morgan fingerprint density at radius 2 is 1.86 bits per heavy atom.